The Morgan fingerprint density at radius 3 is 2.12 bits per heavy atom. The third-order valence-electron chi connectivity index (χ3n) is 4.37. The van der Waals surface area contributed by atoms with Gasteiger partial charge in [0.05, 0.1) is 6.54 Å². The minimum Gasteiger partial charge on any atom is -0.334 e. The van der Waals surface area contributed by atoms with E-state index >= 15 is 0 Å². The van der Waals surface area contributed by atoms with Crippen molar-refractivity contribution >= 4 is 17.6 Å². The molecule has 2 N–H and O–H groups in total. The first-order chi connectivity index (χ1) is 12.7. The molecule has 0 radical (unpaired) electrons. The molecular formula is C20H24N4O2. The lowest BCUT2D eigenvalue weighted by atomic mass is 10.2. The van der Waals surface area contributed by atoms with Gasteiger partial charge in [0.15, 0.2) is 0 Å². The van der Waals surface area contributed by atoms with Gasteiger partial charge in [0, 0.05) is 38.4 Å². The molecule has 2 aromatic carbocycles. The first-order valence-corrected chi connectivity index (χ1v) is 8.85. The van der Waals surface area contributed by atoms with Gasteiger partial charge in [-0.2, -0.15) is 0 Å². The lowest BCUT2D eigenvalue weighted by Crippen LogP contribution is -2.52. The molecule has 0 aliphatic carbocycles. The lowest BCUT2D eigenvalue weighted by molar-refractivity contribution is -0.117. The van der Waals surface area contributed by atoms with Crippen LogP contribution >= 0.6 is 0 Å². The Bertz CT molecular complexity index is 713. The molecule has 3 rings (SSSR count). The maximum atomic E-state index is 12.3. The Labute approximate surface area is 153 Å². The summed E-state index contributed by atoms with van der Waals surface area (Å²) in [5.41, 5.74) is 1.88. The van der Waals surface area contributed by atoms with Crippen molar-refractivity contribution < 1.29 is 9.59 Å². The number of rotatable bonds is 5. The Morgan fingerprint density at radius 2 is 1.46 bits per heavy atom. The largest absolute Gasteiger partial charge is 0.334 e. The molecule has 1 heterocycles. The van der Waals surface area contributed by atoms with Crippen molar-refractivity contribution in [1.82, 2.24) is 15.1 Å². The van der Waals surface area contributed by atoms with E-state index in [2.05, 4.69) is 15.5 Å². The molecule has 1 fully saturated rings. The van der Waals surface area contributed by atoms with E-state index in [1.54, 1.807) is 4.90 Å². The molecule has 3 amide bonds. The second-order valence-corrected chi connectivity index (χ2v) is 6.32. The Kier molecular flexibility index (Phi) is 6.22. The summed E-state index contributed by atoms with van der Waals surface area (Å²) in [6, 6.07) is 19.2. The van der Waals surface area contributed by atoms with E-state index in [9.17, 15) is 9.59 Å². The van der Waals surface area contributed by atoms with Gasteiger partial charge in [-0.25, -0.2) is 4.79 Å². The van der Waals surface area contributed by atoms with Crippen molar-refractivity contribution in [3.05, 3.63) is 66.2 Å². The van der Waals surface area contributed by atoms with Gasteiger partial charge in [0.2, 0.25) is 5.91 Å². The zero-order chi connectivity index (χ0) is 18.2. The summed E-state index contributed by atoms with van der Waals surface area (Å²) < 4.78 is 0. The Hall–Kier alpha value is -2.86. The van der Waals surface area contributed by atoms with E-state index in [-0.39, 0.29) is 11.9 Å². The molecule has 6 nitrogen and oxygen atoms in total. The molecule has 26 heavy (non-hydrogen) atoms. The highest BCUT2D eigenvalue weighted by molar-refractivity contribution is 5.92. The van der Waals surface area contributed by atoms with Crippen LogP contribution in [-0.2, 0) is 11.3 Å². The first-order valence-electron chi connectivity index (χ1n) is 8.85. The number of anilines is 1. The predicted octanol–water partition coefficient (Wildman–Crippen LogP) is 2.15. The number of carbonyl (C=O) groups excluding carboxylic acids is 2. The quantitative estimate of drug-likeness (QED) is 0.867. The van der Waals surface area contributed by atoms with Gasteiger partial charge in [-0.3, -0.25) is 9.69 Å². The molecule has 0 aromatic heterocycles. The fourth-order valence-electron chi connectivity index (χ4n) is 2.92. The van der Waals surface area contributed by atoms with Crippen molar-refractivity contribution in [1.29, 1.82) is 0 Å². The van der Waals surface area contributed by atoms with E-state index in [0.29, 0.717) is 39.3 Å². The summed E-state index contributed by atoms with van der Waals surface area (Å²) >= 11 is 0. The Morgan fingerprint density at radius 1 is 0.846 bits per heavy atom. The van der Waals surface area contributed by atoms with Gasteiger partial charge in [-0.15, -0.1) is 0 Å². The van der Waals surface area contributed by atoms with Crippen LogP contribution in [0.1, 0.15) is 5.56 Å². The summed E-state index contributed by atoms with van der Waals surface area (Å²) in [6.45, 7) is 3.51. The third-order valence-corrected chi connectivity index (χ3v) is 4.37. The van der Waals surface area contributed by atoms with Gasteiger partial charge in [0.25, 0.3) is 0 Å². The minimum absolute atomic E-state index is 0.0295. The third kappa shape index (κ3) is 5.32. The second-order valence-electron chi connectivity index (χ2n) is 6.32. The van der Waals surface area contributed by atoms with E-state index in [0.717, 1.165) is 11.3 Å². The molecule has 0 bridgehead atoms. The maximum absolute atomic E-state index is 12.3. The molecular weight excluding hydrogens is 328 g/mol. The summed E-state index contributed by atoms with van der Waals surface area (Å²) in [5, 5.41) is 5.83. The average Bonchev–Trinajstić information content (AvgIpc) is 2.68. The molecule has 1 aliphatic rings. The van der Waals surface area contributed by atoms with Crippen molar-refractivity contribution in [3.8, 4) is 0 Å². The van der Waals surface area contributed by atoms with Crippen LogP contribution in [0.25, 0.3) is 0 Å². The van der Waals surface area contributed by atoms with Crippen LogP contribution in [0.2, 0.25) is 0 Å². The van der Waals surface area contributed by atoms with Crippen molar-refractivity contribution in [2.24, 2.45) is 0 Å². The standard InChI is InChI=1S/C20H24N4O2/c25-19(22-18-9-5-2-6-10-18)16-23-11-13-24(14-12-23)20(26)21-15-17-7-3-1-4-8-17/h1-10H,11-16H2,(H,21,26)(H,22,25). The van der Waals surface area contributed by atoms with Gasteiger partial charge in [-0.1, -0.05) is 48.5 Å². The van der Waals surface area contributed by atoms with Crippen molar-refractivity contribution in [2.45, 2.75) is 6.54 Å². The van der Waals surface area contributed by atoms with Crippen LogP contribution < -0.4 is 10.6 Å². The van der Waals surface area contributed by atoms with Crippen LogP contribution in [0, 0.1) is 0 Å². The number of piperazine rings is 1. The molecule has 0 unspecified atom stereocenters. The fourth-order valence-corrected chi connectivity index (χ4v) is 2.92. The van der Waals surface area contributed by atoms with E-state index < -0.39 is 0 Å². The van der Waals surface area contributed by atoms with Crippen LogP contribution in [0.4, 0.5) is 10.5 Å². The molecule has 0 atom stereocenters. The van der Waals surface area contributed by atoms with Crippen LogP contribution in [0.5, 0.6) is 0 Å². The number of para-hydroxylation sites is 1. The first kappa shape index (κ1) is 17.9. The zero-order valence-corrected chi connectivity index (χ0v) is 14.7. The van der Waals surface area contributed by atoms with Gasteiger partial charge in [0.1, 0.15) is 0 Å². The number of nitrogens with zero attached hydrogens (tertiary/aromatic N) is 2. The van der Waals surface area contributed by atoms with Crippen LogP contribution in [-0.4, -0.2) is 54.5 Å². The van der Waals surface area contributed by atoms with E-state index in [1.165, 1.54) is 0 Å². The van der Waals surface area contributed by atoms with Crippen molar-refractivity contribution in [2.75, 3.05) is 38.0 Å². The number of benzene rings is 2. The molecule has 0 saturated carbocycles. The van der Waals surface area contributed by atoms with Crippen LogP contribution in [0.15, 0.2) is 60.7 Å². The number of urea groups is 1. The molecule has 136 valence electrons. The number of nitrogens with one attached hydrogen (secondary N) is 2. The molecule has 2 aromatic rings. The molecule has 0 spiro atoms. The molecule has 1 aliphatic heterocycles. The predicted molar refractivity (Wildman–Crippen MR) is 102 cm³/mol. The average molecular weight is 352 g/mol. The van der Waals surface area contributed by atoms with E-state index in [1.807, 2.05) is 60.7 Å². The summed E-state index contributed by atoms with van der Waals surface area (Å²) in [5.74, 6) is -0.0295. The van der Waals surface area contributed by atoms with Crippen molar-refractivity contribution in [3.63, 3.8) is 0 Å². The maximum Gasteiger partial charge on any atom is 0.317 e. The van der Waals surface area contributed by atoms with E-state index in [4.69, 9.17) is 0 Å². The summed E-state index contributed by atoms with van der Waals surface area (Å²) in [4.78, 5) is 28.2. The Balaban J connectivity index is 1.38. The van der Waals surface area contributed by atoms with Gasteiger partial charge in [-0.05, 0) is 17.7 Å². The van der Waals surface area contributed by atoms with Gasteiger partial charge < -0.3 is 15.5 Å². The molecule has 1 saturated heterocycles. The number of hydrogen-bond acceptors (Lipinski definition) is 3. The van der Waals surface area contributed by atoms with Gasteiger partial charge >= 0.3 is 6.03 Å². The highest BCUT2D eigenvalue weighted by Gasteiger charge is 2.22. The monoisotopic (exact) mass is 352 g/mol. The number of amides is 3. The zero-order valence-electron chi connectivity index (χ0n) is 14.7. The topological polar surface area (TPSA) is 64.7 Å². The highest BCUT2D eigenvalue weighted by Crippen LogP contribution is 2.07. The summed E-state index contributed by atoms with van der Waals surface area (Å²) in [7, 11) is 0. The molecule has 6 heteroatoms. The number of hydrogen-bond donors (Lipinski definition) is 2. The minimum atomic E-state index is -0.0535. The second kappa shape index (κ2) is 9.01. The smallest absolute Gasteiger partial charge is 0.317 e. The number of carbonyl (C=O) groups is 2. The lowest BCUT2D eigenvalue weighted by Gasteiger charge is -2.34. The fraction of sp³-hybridized carbons (Fsp3) is 0.300. The highest BCUT2D eigenvalue weighted by atomic mass is 16.2. The summed E-state index contributed by atoms with van der Waals surface area (Å²) in [6.07, 6.45) is 0. The van der Waals surface area contributed by atoms with Crippen LogP contribution in [0.3, 0.4) is 0 Å². The SMILES string of the molecule is O=C(CN1CCN(C(=O)NCc2ccccc2)CC1)Nc1ccccc1. The normalized spacial score (nSPS) is 14.7.